The minimum Gasteiger partial charge on any atom is -0.338 e. The molecule has 0 aliphatic heterocycles. The lowest BCUT2D eigenvalue weighted by molar-refractivity contribution is 0.619. The normalized spacial score (nSPS) is 10.9. The van der Waals surface area contributed by atoms with E-state index in [2.05, 4.69) is 20.4 Å². The molecule has 3 rings (SSSR count). The second-order valence-electron chi connectivity index (χ2n) is 4.00. The highest BCUT2D eigenvalue weighted by Gasteiger charge is 2.07. The van der Waals surface area contributed by atoms with Gasteiger partial charge in [0, 0.05) is 18.1 Å². The quantitative estimate of drug-likeness (QED) is 0.732. The molecule has 96 valence electrons. The Hall–Kier alpha value is -2.21. The van der Waals surface area contributed by atoms with Crippen LogP contribution in [0.25, 0.3) is 10.9 Å². The van der Waals surface area contributed by atoms with E-state index in [1.54, 1.807) is 10.9 Å². The zero-order valence-electron chi connectivity index (χ0n) is 9.93. The van der Waals surface area contributed by atoms with E-state index in [9.17, 15) is 4.39 Å². The van der Waals surface area contributed by atoms with Gasteiger partial charge in [0.05, 0.1) is 17.9 Å². The third-order valence-corrected chi connectivity index (χ3v) is 2.91. The summed E-state index contributed by atoms with van der Waals surface area (Å²) in [6, 6.07) is 5.57. The maximum Gasteiger partial charge on any atom is 0.224 e. The van der Waals surface area contributed by atoms with Gasteiger partial charge in [-0.3, -0.25) is 4.68 Å². The van der Waals surface area contributed by atoms with Crippen molar-refractivity contribution in [1.29, 1.82) is 0 Å². The van der Waals surface area contributed by atoms with Gasteiger partial charge < -0.3 is 5.32 Å². The van der Waals surface area contributed by atoms with Crippen LogP contribution in [0.1, 0.15) is 0 Å². The van der Waals surface area contributed by atoms with Gasteiger partial charge in [-0.25, -0.2) is 9.37 Å². The SMILES string of the molecule is Cn1ncc2cc(Nc3nc(Cl)ncc3F)ccc21. The molecule has 0 saturated heterocycles. The Morgan fingerprint density at radius 1 is 1.32 bits per heavy atom. The van der Waals surface area contributed by atoms with Crippen molar-refractivity contribution < 1.29 is 4.39 Å². The molecule has 3 aromatic rings. The van der Waals surface area contributed by atoms with E-state index in [-0.39, 0.29) is 11.1 Å². The first-order valence-corrected chi connectivity index (χ1v) is 5.88. The lowest BCUT2D eigenvalue weighted by atomic mass is 10.2. The molecule has 0 aliphatic carbocycles. The number of hydrogen-bond donors (Lipinski definition) is 1. The van der Waals surface area contributed by atoms with Crippen molar-refractivity contribution in [3.05, 3.63) is 41.7 Å². The van der Waals surface area contributed by atoms with Gasteiger partial charge in [-0.1, -0.05) is 0 Å². The number of halogens is 2. The summed E-state index contributed by atoms with van der Waals surface area (Å²) in [7, 11) is 1.86. The molecule has 0 radical (unpaired) electrons. The number of rotatable bonds is 2. The fourth-order valence-corrected chi connectivity index (χ4v) is 1.94. The van der Waals surface area contributed by atoms with Gasteiger partial charge in [0.15, 0.2) is 11.6 Å². The van der Waals surface area contributed by atoms with Gasteiger partial charge in [0.1, 0.15) is 0 Å². The fourth-order valence-electron chi connectivity index (χ4n) is 1.81. The Morgan fingerprint density at radius 2 is 2.16 bits per heavy atom. The van der Waals surface area contributed by atoms with Gasteiger partial charge >= 0.3 is 0 Å². The molecule has 7 heteroatoms. The van der Waals surface area contributed by atoms with E-state index in [1.165, 1.54) is 0 Å². The van der Waals surface area contributed by atoms with Crippen LogP contribution in [-0.4, -0.2) is 19.7 Å². The van der Waals surface area contributed by atoms with Gasteiger partial charge in [-0.15, -0.1) is 0 Å². The summed E-state index contributed by atoms with van der Waals surface area (Å²) < 4.78 is 15.3. The van der Waals surface area contributed by atoms with Gasteiger partial charge in [-0.2, -0.15) is 10.1 Å². The molecule has 0 fully saturated rings. The Balaban J connectivity index is 1.98. The molecule has 0 atom stereocenters. The predicted octanol–water partition coefficient (Wildman–Crippen LogP) is 2.90. The molecule has 0 aliphatic rings. The van der Waals surface area contributed by atoms with Crippen molar-refractivity contribution in [3.63, 3.8) is 0 Å². The summed E-state index contributed by atoms with van der Waals surface area (Å²) in [6.45, 7) is 0. The van der Waals surface area contributed by atoms with Crippen molar-refractivity contribution in [3.8, 4) is 0 Å². The first-order valence-electron chi connectivity index (χ1n) is 5.50. The maximum atomic E-state index is 13.5. The lowest BCUT2D eigenvalue weighted by Crippen LogP contribution is -1.98. The van der Waals surface area contributed by atoms with Crippen molar-refractivity contribution >= 4 is 34.0 Å². The number of benzene rings is 1. The molecule has 1 aromatic carbocycles. The number of anilines is 2. The van der Waals surface area contributed by atoms with E-state index >= 15 is 0 Å². The van der Waals surface area contributed by atoms with Crippen LogP contribution >= 0.6 is 11.6 Å². The smallest absolute Gasteiger partial charge is 0.224 e. The van der Waals surface area contributed by atoms with Gasteiger partial charge in [-0.05, 0) is 29.8 Å². The zero-order chi connectivity index (χ0) is 13.4. The second-order valence-corrected chi connectivity index (χ2v) is 4.34. The average Bonchev–Trinajstić information content (AvgIpc) is 2.75. The highest BCUT2D eigenvalue weighted by Crippen LogP contribution is 2.22. The fraction of sp³-hybridized carbons (Fsp3) is 0.0833. The summed E-state index contributed by atoms with van der Waals surface area (Å²) >= 11 is 5.64. The Labute approximate surface area is 113 Å². The summed E-state index contributed by atoms with van der Waals surface area (Å²) in [5.74, 6) is -0.515. The molecule has 0 spiro atoms. The van der Waals surface area contributed by atoms with Crippen LogP contribution in [0.15, 0.2) is 30.6 Å². The van der Waals surface area contributed by atoms with Crippen molar-refractivity contribution in [2.45, 2.75) is 0 Å². The van der Waals surface area contributed by atoms with E-state index < -0.39 is 5.82 Å². The minimum absolute atomic E-state index is 0.00800. The average molecular weight is 278 g/mol. The van der Waals surface area contributed by atoms with Crippen LogP contribution in [-0.2, 0) is 7.05 Å². The number of fused-ring (bicyclic) bond motifs is 1. The summed E-state index contributed by atoms with van der Waals surface area (Å²) in [5, 5.41) is 7.95. The van der Waals surface area contributed by atoms with Crippen LogP contribution in [0.2, 0.25) is 5.28 Å². The molecule has 0 saturated carbocycles. The Morgan fingerprint density at radius 3 is 3.00 bits per heavy atom. The van der Waals surface area contributed by atoms with Crippen molar-refractivity contribution in [1.82, 2.24) is 19.7 Å². The molecule has 19 heavy (non-hydrogen) atoms. The van der Waals surface area contributed by atoms with Crippen LogP contribution in [0.3, 0.4) is 0 Å². The maximum absolute atomic E-state index is 13.5. The Kier molecular flexibility index (Phi) is 2.79. The van der Waals surface area contributed by atoms with Crippen LogP contribution in [0.4, 0.5) is 15.9 Å². The minimum atomic E-state index is -0.560. The largest absolute Gasteiger partial charge is 0.338 e. The number of aryl methyl sites for hydroxylation is 1. The molecule has 5 nitrogen and oxygen atoms in total. The van der Waals surface area contributed by atoms with E-state index in [1.807, 2.05) is 25.2 Å². The Bertz CT molecular complexity index is 755. The number of hydrogen-bond acceptors (Lipinski definition) is 4. The first-order chi connectivity index (χ1) is 9.13. The van der Waals surface area contributed by atoms with Crippen LogP contribution < -0.4 is 5.32 Å². The van der Waals surface area contributed by atoms with Crippen molar-refractivity contribution in [2.24, 2.45) is 7.05 Å². The van der Waals surface area contributed by atoms with Gasteiger partial charge in [0.2, 0.25) is 5.28 Å². The summed E-state index contributed by atoms with van der Waals surface area (Å²) in [4.78, 5) is 7.36. The topological polar surface area (TPSA) is 55.6 Å². The van der Waals surface area contributed by atoms with E-state index in [0.29, 0.717) is 5.69 Å². The molecule has 2 heterocycles. The van der Waals surface area contributed by atoms with E-state index in [4.69, 9.17) is 11.6 Å². The molecule has 0 amide bonds. The van der Waals surface area contributed by atoms with Crippen LogP contribution in [0.5, 0.6) is 0 Å². The monoisotopic (exact) mass is 277 g/mol. The summed E-state index contributed by atoms with van der Waals surface area (Å²) in [5.41, 5.74) is 1.70. The molecule has 0 unspecified atom stereocenters. The standard InChI is InChI=1S/C12H9ClFN5/c1-19-10-3-2-8(4-7(10)5-16-19)17-11-9(14)6-15-12(13)18-11/h2-6H,1H3,(H,15,17,18). The highest BCUT2D eigenvalue weighted by molar-refractivity contribution is 6.28. The number of aromatic nitrogens is 4. The van der Waals surface area contributed by atoms with Crippen LogP contribution in [0, 0.1) is 5.82 Å². The third-order valence-electron chi connectivity index (χ3n) is 2.72. The lowest BCUT2D eigenvalue weighted by Gasteiger charge is -2.06. The highest BCUT2D eigenvalue weighted by atomic mass is 35.5. The van der Waals surface area contributed by atoms with Gasteiger partial charge in [0.25, 0.3) is 0 Å². The zero-order valence-corrected chi connectivity index (χ0v) is 10.7. The predicted molar refractivity (Wildman–Crippen MR) is 71.0 cm³/mol. The number of nitrogens with zero attached hydrogens (tertiary/aromatic N) is 4. The number of nitrogens with one attached hydrogen (secondary N) is 1. The third kappa shape index (κ3) is 2.22. The van der Waals surface area contributed by atoms with Crippen molar-refractivity contribution in [2.75, 3.05) is 5.32 Å². The molecule has 0 bridgehead atoms. The summed E-state index contributed by atoms with van der Waals surface area (Å²) in [6.07, 6.45) is 2.77. The first kappa shape index (κ1) is 11.9. The molecular formula is C12H9ClFN5. The second kappa shape index (κ2) is 4.47. The molecular weight excluding hydrogens is 269 g/mol. The molecule has 1 N–H and O–H groups in total. The van der Waals surface area contributed by atoms with E-state index in [0.717, 1.165) is 17.1 Å². The molecule has 2 aromatic heterocycles.